The van der Waals surface area contributed by atoms with Gasteiger partial charge in [0.05, 0.1) is 23.7 Å². The third-order valence-corrected chi connectivity index (χ3v) is 7.16. The highest BCUT2D eigenvalue weighted by molar-refractivity contribution is 6.07. The number of halogens is 2. The van der Waals surface area contributed by atoms with Gasteiger partial charge in [0.2, 0.25) is 5.95 Å². The molecule has 2 atom stereocenters. The molecule has 0 aromatic carbocycles. The van der Waals surface area contributed by atoms with Gasteiger partial charge < -0.3 is 30.2 Å². The van der Waals surface area contributed by atoms with E-state index in [4.69, 9.17) is 4.74 Å². The van der Waals surface area contributed by atoms with Crippen molar-refractivity contribution in [2.45, 2.75) is 57.5 Å². The molecule has 206 valence electrons. The zero-order chi connectivity index (χ0) is 25.9. The van der Waals surface area contributed by atoms with Crippen LogP contribution in [-0.2, 0) is 4.74 Å². The van der Waals surface area contributed by atoms with Crippen molar-refractivity contribution >= 4 is 46.8 Å². The van der Waals surface area contributed by atoms with Crippen LogP contribution >= 0.6 is 12.4 Å². The summed E-state index contributed by atoms with van der Waals surface area (Å²) in [6, 6.07) is 4.02. The Hall–Kier alpha value is -3.02. The molecule has 5 rings (SSSR count). The van der Waals surface area contributed by atoms with Crippen LogP contribution in [0.4, 0.5) is 22.0 Å². The van der Waals surface area contributed by atoms with Crippen LogP contribution in [0.3, 0.4) is 0 Å². The normalized spacial score (nSPS) is 20.4. The van der Waals surface area contributed by atoms with Gasteiger partial charge in [0.25, 0.3) is 5.91 Å². The quantitative estimate of drug-likeness (QED) is 0.412. The summed E-state index contributed by atoms with van der Waals surface area (Å²) in [5, 5.41) is 10.6. The fourth-order valence-electron chi connectivity index (χ4n) is 5.08. The number of rotatable bonds is 7. The number of hydrogen-bond acceptors (Lipinski definition) is 8. The molecule has 1 amide bonds. The van der Waals surface area contributed by atoms with E-state index in [1.165, 1.54) is 7.11 Å². The highest BCUT2D eigenvalue weighted by Crippen LogP contribution is 2.28. The summed E-state index contributed by atoms with van der Waals surface area (Å²) in [6.45, 7) is 6.82. The van der Waals surface area contributed by atoms with Gasteiger partial charge in [0, 0.05) is 55.8 Å². The zero-order valence-electron chi connectivity index (χ0n) is 22.0. The SMILES string of the molecule is CO[C@@H]1CCN(c2nccc(Nc3cc4c(cn3)c(C(=O)NC3CCNCC3)cn4C(C)C)n2)C[C@@H]1F.Cl. The third-order valence-electron chi connectivity index (χ3n) is 7.16. The topological polar surface area (TPSA) is 109 Å². The van der Waals surface area contributed by atoms with Gasteiger partial charge >= 0.3 is 0 Å². The summed E-state index contributed by atoms with van der Waals surface area (Å²) in [4.78, 5) is 28.5. The number of aromatic nitrogens is 4. The van der Waals surface area contributed by atoms with E-state index in [1.807, 2.05) is 17.2 Å². The molecule has 0 aliphatic carbocycles. The number of ether oxygens (including phenoxy) is 1. The smallest absolute Gasteiger partial charge is 0.253 e. The predicted molar refractivity (Wildman–Crippen MR) is 149 cm³/mol. The minimum Gasteiger partial charge on any atom is -0.378 e. The lowest BCUT2D eigenvalue weighted by atomic mass is 10.1. The Bertz CT molecular complexity index is 1250. The number of pyridine rings is 1. The number of anilines is 3. The van der Waals surface area contributed by atoms with E-state index in [0.29, 0.717) is 36.1 Å². The molecule has 3 N–H and O–H groups in total. The van der Waals surface area contributed by atoms with Gasteiger partial charge in [-0.3, -0.25) is 4.79 Å². The minimum atomic E-state index is -1.09. The number of fused-ring (bicyclic) bond motifs is 1. The maximum Gasteiger partial charge on any atom is 0.253 e. The lowest BCUT2D eigenvalue weighted by molar-refractivity contribution is 0.0194. The molecule has 0 bridgehead atoms. The fourth-order valence-corrected chi connectivity index (χ4v) is 5.08. The molecule has 0 saturated carbocycles. The summed E-state index contributed by atoms with van der Waals surface area (Å²) < 4.78 is 21.7. The van der Waals surface area contributed by atoms with Crippen LogP contribution in [0.15, 0.2) is 30.7 Å². The van der Waals surface area contributed by atoms with E-state index in [-0.39, 0.29) is 36.9 Å². The number of methoxy groups -OCH3 is 1. The molecule has 0 unspecified atom stereocenters. The summed E-state index contributed by atoms with van der Waals surface area (Å²) >= 11 is 0. The van der Waals surface area contributed by atoms with Gasteiger partial charge in [-0.25, -0.2) is 14.4 Å². The summed E-state index contributed by atoms with van der Waals surface area (Å²) in [5.74, 6) is 1.56. The molecule has 38 heavy (non-hydrogen) atoms. The van der Waals surface area contributed by atoms with Crippen molar-refractivity contribution in [1.82, 2.24) is 30.2 Å². The lowest BCUT2D eigenvalue weighted by Crippen LogP contribution is -2.46. The van der Waals surface area contributed by atoms with Gasteiger partial charge in [0.1, 0.15) is 17.8 Å². The molecule has 2 saturated heterocycles. The first-order valence-corrected chi connectivity index (χ1v) is 13.0. The maximum atomic E-state index is 14.4. The maximum absolute atomic E-state index is 14.4. The Labute approximate surface area is 228 Å². The number of nitrogens with zero attached hydrogens (tertiary/aromatic N) is 5. The van der Waals surface area contributed by atoms with Crippen LogP contribution in [0.2, 0.25) is 0 Å². The Morgan fingerprint density at radius 3 is 2.71 bits per heavy atom. The first-order chi connectivity index (χ1) is 17.9. The van der Waals surface area contributed by atoms with E-state index in [0.717, 1.165) is 36.8 Å². The number of carbonyl (C=O) groups excluding carboxylic acids is 1. The van der Waals surface area contributed by atoms with Crippen LogP contribution in [0.1, 0.15) is 49.5 Å². The monoisotopic (exact) mass is 546 g/mol. The second kappa shape index (κ2) is 12.2. The fraction of sp³-hybridized carbons (Fsp3) is 0.538. The number of alkyl halides is 1. The molecule has 10 nitrogen and oxygen atoms in total. The molecule has 2 fully saturated rings. The van der Waals surface area contributed by atoms with Crippen molar-refractivity contribution in [2.75, 3.05) is 43.5 Å². The van der Waals surface area contributed by atoms with E-state index in [9.17, 15) is 9.18 Å². The van der Waals surface area contributed by atoms with E-state index >= 15 is 0 Å². The van der Waals surface area contributed by atoms with Crippen LogP contribution in [0.25, 0.3) is 10.9 Å². The van der Waals surface area contributed by atoms with Gasteiger partial charge in [0.15, 0.2) is 0 Å². The molecule has 0 spiro atoms. The Kier molecular flexibility index (Phi) is 9.01. The third kappa shape index (κ3) is 6.00. The average molecular weight is 547 g/mol. The van der Waals surface area contributed by atoms with Crippen molar-refractivity contribution in [3.63, 3.8) is 0 Å². The molecule has 3 aromatic rings. The Morgan fingerprint density at radius 1 is 1.21 bits per heavy atom. The van der Waals surface area contributed by atoms with Crippen molar-refractivity contribution < 1.29 is 13.9 Å². The van der Waals surface area contributed by atoms with Crippen LogP contribution in [0, 0.1) is 0 Å². The molecule has 0 radical (unpaired) electrons. The Morgan fingerprint density at radius 2 is 2.00 bits per heavy atom. The number of piperidine rings is 2. The molecular formula is C26H36ClFN8O2. The molecule has 2 aliphatic heterocycles. The highest BCUT2D eigenvalue weighted by Gasteiger charge is 2.30. The number of amides is 1. The second-order valence-electron chi connectivity index (χ2n) is 10.0. The molecule has 5 heterocycles. The van der Waals surface area contributed by atoms with Crippen LogP contribution in [-0.4, -0.2) is 77.0 Å². The van der Waals surface area contributed by atoms with E-state index < -0.39 is 12.3 Å². The first-order valence-electron chi connectivity index (χ1n) is 13.0. The standard InChI is InChI=1S/C26H35FN8O2.ClH/c1-16(2)35-14-19(25(36)31-17-4-8-28-9-5-17)18-13-30-24(12-21(18)35)32-23-6-10-29-26(33-23)34-11-7-22(37-3)20(27)15-34;/h6,10,12-14,16-17,20,22,28H,4-5,7-9,11,15H2,1-3H3,(H,31,36)(H,29,30,32,33);1H/t20-,22+;/m0./s1. The first kappa shape index (κ1) is 28.0. The molecule has 12 heteroatoms. The van der Waals surface area contributed by atoms with Crippen LogP contribution in [0.5, 0.6) is 0 Å². The predicted octanol–water partition coefficient (Wildman–Crippen LogP) is 3.62. The van der Waals surface area contributed by atoms with Crippen molar-refractivity contribution in [2.24, 2.45) is 0 Å². The molecular weight excluding hydrogens is 511 g/mol. The summed E-state index contributed by atoms with van der Waals surface area (Å²) in [6.07, 6.45) is 6.26. The second-order valence-corrected chi connectivity index (χ2v) is 10.0. The zero-order valence-corrected chi connectivity index (χ0v) is 22.8. The largest absolute Gasteiger partial charge is 0.378 e. The number of hydrogen-bond donors (Lipinski definition) is 3. The van der Waals surface area contributed by atoms with Crippen molar-refractivity contribution in [3.05, 3.63) is 36.3 Å². The van der Waals surface area contributed by atoms with Crippen molar-refractivity contribution in [1.29, 1.82) is 0 Å². The van der Waals surface area contributed by atoms with Gasteiger partial charge in [-0.15, -0.1) is 12.4 Å². The van der Waals surface area contributed by atoms with Crippen molar-refractivity contribution in [3.8, 4) is 0 Å². The van der Waals surface area contributed by atoms with E-state index in [1.54, 1.807) is 18.5 Å². The summed E-state index contributed by atoms with van der Waals surface area (Å²) in [5.41, 5.74) is 1.55. The lowest BCUT2D eigenvalue weighted by Gasteiger charge is -2.33. The molecule has 3 aromatic heterocycles. The molecule has 2 aliphatic rings. The van der Waals surface area contributed by atoms with Gasteiger partial charge in [-0.2, -0.15) is 4.98 Å². The number of nitrogens with one attached hydrogen (secondary N) is 3. The van der Waals surface area contributed by atoms with E-state index in [2.05, 4.69) is 49.3 Å². The number of carbonyl (C=O) groups is 1. The summed E-state index contributed by atoms with van der Waals surface area (Å²) in [7, 11) is 1.54. The van der Waals surface area contributed by atoms with Crippen LogP contribution < -0.4 is 20.9 Å². The van der Waals surface area contributed by atoms with Gasteiger partial charge in [-0.05, 0) is 52.3 Å². The highest BCUT2D eigenvalue weighted by atomic mass is 35.5. The van der Waals surface area contributed by atoms with Gasteiger partial charge in [-0.1, -0.05) is 0 Å². The average Bonchev–Trinajstić information content (AvgIpc) is 3.29. The minimum absolute atomic E-state index is 0. The Balaban J connectivity index is 0.00000336.